The van der Waals surface area contributed by atoms with E-state index in [1.54, 1.807) is 18.4 Å². The minimum atomic E-state index is 0.0420. The van der Waals surface area contributed by atoms with Crippen LogP contribution < -0.4 is 5.32 Å². The number of nitrogens with one attached hydrogen (secondary N) is 1. The number of benzene rings is 1. The van der Waals surface area contributed by atoms with E-state index >= 15 is 0 Å². The number of fused-ring (bicyclic) bond motifs is 1. The summed E-state index contributed by atoms with van der Waals surface area (Å²) < 4.78 is 7.02. The number of methoxy groups -OCH3 is 1. The van der Waals surface area contributed by atoms with Gasteiger partial charge in [0, 0.05) is 20.3 Å². The normalized spacial score (nSPS) is 10.8. The third-order valence-corrected chi connectivity index (χ3v) is 4.63. The number of carbonyl (C=O) groups excluding carboxylic acids is 1. The van der Waals surface area contributed by atoms with E-state index in [2.05, 4.69) is 10.3 Å². The molecule has 1 N–H and O–H groups in total. The number of ether oxygens (including phenoxy) is 1. The quantitative estimate of drug-likeness (QED) is 0.630. The highest BCUT2D eigenvalue weighted by molar-refractivity contribution is 8.01. The molecule has 1 amide bonds. The van der Waals surface area contributed by atoms with E-state index in [0.717, 1.165) is 21.0 Å². The van der Waals surface area contributed by atoms with Crippen molar-refractivity contribution in [3.05, 3.63) is 24.3 Å². The summed E-state index contributed by atoms with van der Waals surface area (Å²) in [7, 11) is 1.66. The third-order valence-electron chi connectivity index (χ3n) is 2.45. The molecule has 1 heterocycles. The van der Waals surface area contributed by atoms with Gasteiger partial charge in [-0.1, -0.05) is 23.9 Å². The standard InChI is InChI=1S/C13H16N2O2S2/c1-17-8-4-7-14-12(16)9-18-13-15-10-5-2-3-6-11(10)19-13/h2-3,5-6H,4,7-9H2,1H3,(H,14,16). The van der Waals surface area contributed by atoms with Gasteiger partial charge in [-0.15, -0.1) is 11.3 Å². The number of nitrogens with zero attached hydrogens (tertiary/aromatic N) is 1. The summed E-state index contributed by atoms with van der Waals surface area (Å²) in [6.07, 6.45) is 0.841. The van der Waals surface area contributed by atoms with E-state index in [4.69, 9.17) is 4.74 Å². The van der Waals surface area contributed by atoms with Crippen LogP contribution in [0.1, 0.15) is 6.42 Å². The molecule has 0 fully saturated rings. The lowest BCUT2D eigenvalue weighted by atomic mass is 10.3. The van der Waals surface area contributed by atoms with Crippen molar-refractivity contribution < 1.29 is 9.53 Å². The second kappa shape index (κ2) is 7.47. The third kappa shape index (κ3) is 4.49. The first-order valence-corrected chi connectivity index (χ1v) is 7.84. The molecule has 0 saturated carbocycles. The molecule has 0 aliphatic carbocycles. The average molecular weight is 296 g/mol. The summed E-state index contributed by atoms with van der Waals surface area (Å²) in [5.41, 5.74) is 0.996. The van der Waals surface area contributed by atoms with Gasteiger partial charge in [0.1, 0.15) is 0 Å². The molecule has 0 aliphatic rings. The van der Waals surface area contributed by atoms with Gasteiger partial charge in [0.05, 0.1) is 16.0 Å². The monoisotopic (exact) mass is 296 g/mol. The average Bonchev–Trinajstić information content (AvgIpc) is 2.84. The predicted molar refractivity (Wildman–Crippen MR) is 79.8 cm³/mol. The van der Waals surface area contributed by atoms with Crippen LogP contribution in [-0.2, 0) is 9.53 Å². The summed E-state index contributed by atoms with van der Waals surface area (Å²) in [5.74, 6) is 0.452. The van der Waals surface area contributed by atoms with E-state index in [0.29, 0.717) is 18.9 Å². The van der Waals surface area contributed by atoms with Crippen LogP contribution in [0.4, 0.5) is 0 Å². The molecule has 0 radical (unpaired) electrons. The number of amides is 1. The maximum Gasteiger partial charge on any atom is 0.230 e. The molecule has 1 aromatic heterocycles. The highest BCUT2D eigenvalue weighted by Gasteiger charge is 2.06. The number of thioether (sulfide) groups is 1. The van der Waals surface area contributed by atoms with Crippen LogP contribution in [0.15, 0.2) is 28.6 Å². The molecule has 0 saturated heterocycles. The largest absolute Gasteiger partial charge is 0.385 e. The summed E-state index contributed by atoms with van der Waals surface area (Å²) in [5, 5.41) is 2.86. The second-order valence-corrected chi connectivity index (χ2v) is 6.19. The van der Waals surface area contributed by atoms with Crippen LogP contribution >= 0.6 is 23.1 Å². The first kappa shape index (κ1) is 14.3. The molecule has 6 heteroatoms. The molecule has 0 aliphatic heterocycles. The van der Waals surface area contributed by atoms with Crippen molar-refractivity contribution in [1.29, 1.82) is 0 Å². The molecule has 2 rings (SSSR count). The van der Waals surface area contributed by atoms with Gasteiger partial charge in [0.2, 0.25) is 5.91 Å². The number of para-hydroxylation sites is 1. The topological polar surface area (TPSA) is 51.2 Å². The first-order chi connectivity index (χ1) is 9.29. The molecule has 0 atom stereocenters. The lowest BCUT2D eigenvalue weighted by molar-refractivity contribution is -0.118. The fourth-order valence-electron chi connectivity index (χ4n) is 1.54. The first-order valence-electron chi connectivity index (χ1n) is 6.03. The molecular formula is C13H16N2O2S2. The Morgan fingerprint density at radius 3 is 3.11 bits per heavy atom. The van der Waals surface area contributed by atoms with Crippen LogP contribution in [-0.4, -0.2) is 36.9 Å². The van der Waals surface area contributed by atoms with Gasteiger partial charge in [0.25, 0.3) is 0 Å². The fourth-order valence-corrected chi connectivity index (χ4v) is 3.43. The Morgan fingerprint density at radius 2 is 2.32 bits per heavy atom. The van der Waals surface area contributed by atoms with Crippen molar-refractivity contribution in [3.8, 4) is 0 Å². The number of rotatable bonds is 7. The van der Waals surface area contributed by atoms with Crippen molar-refractivity contribution in [1.82, 2.24) is 10.3 Å². The molecule has 4 nitrogen and oxygen atoms in total. The minimum absolute atomic E-state index is 0.0420. The Bertz CT molecular complexity index is 509. The zero-order chi connectivity index (χ0) is 13.5. The molecule has 2 aromatic rings. The van der Waals surface area contributed by atoms with E-state index < -0.39 is 0 Å². The molecule has 19 heavy (non-hydrogen) atoms. The van der Waals surface area contributed by atoms with Gasteiger partial charge in [-0.2, -0.15) is 0 Å². The fraction of sp³-hybridized carbons (Fsp3) is 0.385. The summed E-state index contributed by atoms with van der Waals surface area (Å²) in [4.78, 5) is 16.1. The highest BCUT2D eigenvalue weighted by atomic mass is 32.2. The maximum atomic E-state index is 11.6. The molecule has 0 unspecified atom stereocenters. The molecule has 102 valence electrons. The number of hydrogen-bond acceptors (Lipinski definition) is 5. The second-order valence-electron chi connectivity index (χ2n) is 3.93. The van der Waals surface area contributed by atoms with E-state index in [1.807, 2.05) is 24.3 Å². The van der Waals surface area contributed by atoms with Crippen molar-refractivity contribution >= 4 is 39.2 Å². The van der Waals surface area contributed by atoms with Gasteiger partial charge in [-0.3, -0.25) is 4.79 Å². The van der Waals surface area contributed by atoms with Crippen molar-refractivity contribution in [2.24, 2.45) is 0 Å². The van der Waals surface area contributed by atoms with E-state index in [-0.39, 0.29) is 5.91 Å². The number of thiazole rings is 1. The van der Waals surface area contributed by atoms with Gasteiger partial charge in [-0.05, 0) is 18.6 Å². The smallest absolute Gasteiger partial charge is 0.230 e. The number of carbonyl (C=O) groups is 1. The Labute approximate surface area is 120 Å². The highest BCUT2D eigenvalue weighted by Crippen LogP contribution is 2.28. The van der Waals surface area contributed by atoms with Crippen molar-refractivity contribution in [2.45, 2.75) is 10.8 Å². The zero-order valence-electron chi connectivity index (χ0n) is 10.7. The lowest BCUT2D eigenvalue weighted by Gasteiger charge is -2.03. The van der Waals surface area contributed by atoms with Gasteiger partial charge in [-0.25, -0.2) is 4.98 Å². The molecule has 1 aromatic carbocycles. The van der Waals surface area contributed by atoms with Crippen LogP contribution in [0.25, 0.3) is 10.2 Å². The molecule has 0 spiro atoms. The summed E-state index contributed by atoms with van der Waals surface area (Å²) in [6, 6.07) is 8.00. The van der Waals surface area contributed by atoms with Crippen LogP contribution in [0.2, 0.25) is 0 Å². The van der Waals surface area contributed by atoms with Gasteiger partial charge in [0.15, 0.2) is 4.34 Å². The Hall–Kier alpha value is -1.11. The number of hydrogen-bond donors (Lipinski definition) is 1. The lowest BCUT2D eigenvalue weighted by Crippen LogP contribution is -2.26. The van der Waals surface area contributed by atoms with E-state index in [1.165, 1.54) is 11.8 Å². The Balaban J connectivity index is 1.77. The van der Waals surface area contributed by atoms with Crippen LogP contribution in [0.5, 0.6) is 0 Å². The predicted octanol–water partition coefficient (Wildman–Crippen LogP) is 2.54. The summed E-state index contributed by atoms with van der Waals surface area (Å²) in [6.45, 7) is 1.33. The summed E-state index contributed by atoms with van der Waals surface area (Å²) >= 11 is 3.11. The van der Waals surface area contributed by atoms with Gasteiger partial charge >= 0.3 is 0 Å². The number of aromatic nitrogens is 1. The minimum Gasteiger partial charge on any atom is -0.385 e. The van der Waals surface area contributed by atoms with Crippen molar-refractivity contribution in [3.63, 3.8) is 0 Å². The Morgan fingerprint density at radius 1 is 1.47 bits per heavy atom. The van der Waals surface area contributed by atoms with Crippen LogP contribution in [0, 0.1) is 0 Å². The van der Waals surface area contributed by atoms with Crippen molar-refractivity contribution in [2.75, 3.05) is 26.0 Å². The Kier molecular flexibility index (Phi) is 5.62. The SMILES string of the molecule is COCCCNC(=O)CSc1nc2ccccc2s1. The zero-order valence-corrected chi connectivity index (χ0v) is 12.4. The van der Waals surface area contributed by atoms with Gasteiger partial charge < -0.3 is 10.1 Å². The molecule has 0 bridgehead atoms. The maximum absolute atomic E-state index is 11.6. The molecular weight excluding hydrogens is 280 g/mol. The van der Waals surface area contributed by atoms with E-state index in [9.17, 15) is 4.79 Å². The van der Waals surface area contributed by atoms with Crippen LogP contribution in [0.3, 0.4) is 0 Å².